The van der Waals surface area contributed by atoms with Gasteiger partial charge in [0.05, 0.1) is 17.1 Å². The van der Waals surface area contributed by atoms with Crippen LogP contribution in [-0.2, 0) is 0 Å². The van der Waals surface area contributed by atoms with Crippen LogP contribution in [0.5, 0.6) is 0 Å². The maximum atomic E-state index is 4.99. The number of benzene rings is 2. The van der Waals surface area contributed by atoms with E-state index in [1.807, 2.05) is 18.5 Å². The van der Waals surface area contributed by atoms with Crippen LogP contribution in [0.25, 0.3) is 22.0 Å². The second kappa shape index (κ2) is 7.79. The van der Waals surface area contributed by atoms with Crippen LogP contribution in [0, 0.1) is 27.7 Å². The van der Waals surface area contributed by atoms with E-state index >= 15 is 0 Å². The summed E-state index contributed by atoms with van der Waals surface area (Å²) in [5.41, 5.74) is 8.66. The lowest BCUT2D eigenvalue weighted by molar-refractivity contribution is 0.812. The number of fused-ring (bicyclic) bond motifs is 1. The first kappa shape index (κ1) is 19.9. The molecule has 0 aliphatic rings. The van der Waals surface area contributed by atoms with Gasteiger partial charge in [-0.1, -0.05) is 42.5 Å². The number of nitrogens with zero attached hydrogens (tertiary/aromatic N) is 4. The Bertz CT molecular complexity index is 1270. The fourth-order valence-corrected chi connectivity index (χ4v) is 3.75. The van der Waals surface area contributed by atoms with E-state index in [2.05, 4.69) is 93.0 Å². The van der Waals surface area contributed by atoms with Crippen LogP contribution in [0.15, 0.2) is 70.9 Å². The average Bonchev–Trinajstić information content (AvgIpc) is 3.21. The smallest absolute Gasteiger partial charge is 0.0812 e. The molecule has 30 heavy (non-hydrogen) atoms. The summed E-state index contributed by atoms with van der Waals surface area (Å²) in [7, 11) is 0. The molecule has 2 aromatic heterocycles. The molecule has 0 atom stereocenters. The molecule has 0 saturated heterocycles. The molecule has 0 aliphatic heterocycles. The summed E-state index contributed by atoms with van der Waals surface area (Å²) in [6, 6.07) is 21.3. The first-order valence-corrected chi connectivity index (χ1v) is 10.3. The molecule has 4 heteroatoms. The minimum absolute atomic E-state index is 0.891. The first-order valence-electron chi connectivity index (χ1n) is 10.3. The quantitative estimate of drug-likeness (QED) is 0.353. The number of aryl methyl sites for hydroxylation is 3. The van der Waals surface area contributed by atoms with E-state index in [9.17, 15) is 0 Å². The Morgan fingerprint density at radius 3 is 2.00 bits per heavy atom. The van der Waals surface area contributed by atoms with Crippen molar-refractivity contribution in [3.63, 3.8) is 0 Å². The molecule has 0 unspecified atom stereocenters. The van der Waals surface area contributed by atoms with Gasteiger partial charge in [0.25, 0.3) is 0 Å². The van der Waals surface area contributed by atoms with Crippen LogP contribution < -0.4 is 0 Å². The normalized spacial score (nSPS) is 12.7. The summed E-state index contributed by atoms with van der Waals surface area (Å²) >= 11 is 0. The molecule has 0 aliphatic carbocycles. The Labute approximate surface area is 178 Å². The third kappa shape index (κ3) is 3.50. The van der Waals surface area contributed by atoms with E-state index in [4.69, 9.17) is 10.2 Å². The van der Waals surface area contributed by atoms with Crippen molar-refractivity contribution in [2.24, 2.45) is 10.2 Å². The summed E-state index contributed by atoms with van der Waals surface area (Å²) in [5, 5.41) is 12.2. The number of hydrogen-bond acceptors (Lipinski definition) is 2. The minimum Gasteiger partial charge on any atom is -0.242 e. The van der Waals surface area contributed by atoms with Crippen molar-refractivity contribution in [2.75, 3.05) is 0 Å². The van der Waals surface area contributed by atoms with Crippen molar-refractivity contribution >= 4 is 22.2 Å². The largest absolute Gasteiger partial charge is 0.242 e. The van der Waals surface area contributed by atoms with Gasteiger partial charge >= 0.3 is 0 Å². The highest BCUT2D eigenvalue weighted by Gasteiger charge is 2.14. The van der Waals surface area contributed by atoms with Gasteiger partial charge in [-0.25, -0.2) is 9.35 Å². The lowest BCUT2D eigenvalue weighted by atomic mass is 10.0. The molecule has 4 nitrogen and oxygen atoms in total. The fourth-order valence-electron chi connectivity index (χ4n) is 3.75. The molecule has 0 saturated carbocycles. The second-order valence-electron chi connectivity index (χ2n) is 7.94. The molecule has 2 aromatic carbocycles. The van der Waals surface area contributed by atoms with Gasteiger partial charge in [0.15, 0.2) is 0 Å². The molecule has 4 aromatic rings. The Morgan fingerprint density at radius 2 is 1.30 bits per heavy atom. The van der Waals surface area contributed by atoms with Gasteiger partial charge in [-0.15, -0.1) is 0 Å². The van der Waals surface area contributed by atoms with Gasteiger partial charge in [-0.3, -0.25) is 0 Å². The SMILES string of the molecule is CC(=N\n1c(C)ccc1C)/C(C)=N/n1c(-c2cccc3ccccc23)cc(C)c1C. The van der Waals surface area contributed by atoms with Crippen LogP contribution in [0.3, 0.4) is 0 Å². The zero-order valence-electron chi connectivity index (χ0n) is 18.6. The lowest BCUT2D eigenvalue weighted by Crippen LogP contribution is -2.12. The molecule has 4 rings (SSSR count). The van der Waals surface area contributed by atoms with E-state index in [1.54, 1.807) is 0 Å². The summed E-state index contributed by atoms with van der Waals surface area (Å²) < 4.78 is 4.02. The van der Waals surface area contributed by atoms with E-state index in [0.29, 0.717) is 0 Å². The Morgan fingerprint density at radius 1 is 0.700 bits per heavy atom. The zero-order valence-corrected chi connectivity index (χ0v) is 18.6. The second-order valence-corrected chi connectivity index (χ2v) is 7.94. The van der Waals surface area contributed by atoms with Crippen molar-refractivity contribution in [1.29, 1.82) is 0 Å². The van der Waals surface area contributed by atoms with Crippen LogP contribution >= 0.6 is 0 Å². The molecule has 0 amide bonds. The van der Waals surface area contributed by atoms with Crippen LogP contribution in [0.2, 0.25) is 0 Å². The average molecular weight is 397 g/mol. The highest BCUT2D eigenvalue weighted by Crippen LogP contribution is 2.31. The molecule has 152 valence electrons. The Balaban J connectivity index is 1.84. The molecular weight excluding hydrogens is 368 g/mol. The summed E-state index contributed by atoms with van der Waals surface area (Å²) in [4.78, 5) is 0. The summed E-state index contributed by atoms with van der Waals surface area (Å²) in [5.74, 6) is 0. The van der Waals surface area contributed by atoms with Crippen molar-refractivity contribution in [2.45, 2.75) is 41.5 Å². The van der Waals surface area contributed by atoms with Gasteiger partial charge in [-0.2, -0.15) is 10.2 Å². The highest BCUT2D eigenvalue weighted by atomic mass is 15.4. The zero-order chi connectivity index (χ0) is 21.4. The van der Waals surface area contributed by atoms with Gasteiger partial charge in [0, 0.05) is 22.6 Å². The van der Waals surface area contributed by atoms with Crippen molar-refractivity contribution in [3.05, 3.63) is 83.3 Å². The summed E-state index contributed by atoms with van der Waals surface area (Å²) in [6.45, 7) is 12.4. The van der Waals surface area contributed by atoms with Crippen molar-refractivity contribution in [3.8, 4) is 11.3 Å². The predicted molar refractivity (Wildman–Crippen MR) is 128 cm³/mol. The molecule has 0 N–H and O–H groups in total. The number of aromatic nitrogens is 2. The van der Waals surface area contributed by atoms with Crippen molar-refractivity contribution < 1.29 is 0 Å². The molecule has 0 bridgehead atoms. The maximum absolute atomic E-state index is 4.99. The third-order valence-corrected chi connectivity index (χ3v) is 5.79. The van der Waals surface area contributed by atoms with E-state index in [1.165, 1.54) is 21.9 Å². The molecule has 0 fully saturated rings. The molecule has 0 radical (unpaired) electrons. The number of hydrogen-bond donors (Lipinski definition) is 0. The predicted octanol–water partition coefficient (Wildman–Crippen LogP) is 6.49. The van der Waals surface area contributed by atoms with Crippen molar-refractivity contribution in [1.82, 2.24) is 9.35 Å². The lowest BCUT2D eigenvalue weighted by Gasteiger charge is -2.11. The fraction of sp³-hybridized carbons (Fsp3) is 0.231. The first-order chi connectivity index (χ1) is 14.4. The molecular formula is C26H28N4. The highest BCUT2D eigenvalue weighted by molar-refractivity contribution is 6.40. The van der Waals surface area contributed by atoms with Crippen LogP contribution in [0.4, 0.5) is 0 Å². The van der Waals surface area contributed by atoms with Gasteiger partial charge < -0.3 is 0 Å². The Kier molecular flexibility index (Phi) is 5.17. The summed E-state index contributed by atoms with van der Waals surface area (Å²) in [6.07, 6.45) is 0. The topological polar surface area (TPSA) is 34.6 Å². The maximum Gasteiger partial charge on any atom is 0.0812 e. The molecule has 0 spiro atoms. The van der Waals surface area contributed by atoms with Crippen LogP contribution in [-0.4, -0.2) is 20.8 Å². The van der Waals surface area contributed by atoms with Crippen LogP contribution in [0.1, 0.15) is 36.5 Å². The number of rotatable bonds is 4. The van der Waals surface area contributed by atoms with E-state index in [0.717, 1.165) is 34.2 Å². The Hall–Kier alpha value is -3.40. The van der Waals surface area contributed by atoms with E-state index < -0.39 is 0 Å². The van der Waals surface area contributed by atoms with Gasteiger partial charge in [0.2, 0.25) is 0 Å². The monoisotopic (exact) mass is 396 g/mol. The minimum atomic E-state index is 0.891. The third-order valence-electron chi connectivity index (χ3n) is 5.79. The molecule has 2 heterocycles. The van der Waals surface area contributed by atoms with Gasteiger partial charge in [-0.05, 0) is 76.1 Å². The standard InChI is InChI=1S/C26H28N4/c1-17-16-26(25-13-9-11-23-10-7-8-12-24(23)25)30(22(17)6)28-21(5)20(4)27-29-18(2)14-15-19(29)3/h7-16H,1-6H3/b27-20+,28-21+. The van der Waals surface area contributed by atoms with E-state index in [-0.39, 0.29) is 0 Å². The van der Waals surface area contributed by atoms with Gasteiger partial charge in [0.1, 0.15) is 0 Å².